The molecule has 1 N–H and O–H groups in total. The van der Waals surface area contributed by atoms with Crippen LogP contribution in [0, 0.1) is 11.8 Å². The second kappa shape index (κ2) is 11.1. The van der Waals surface area contributed by atoms with E-state index in [0.717, 1.165) is 10.5 Å². The van der Waals surface area contributed by atoms with Crippen molar-refractivity contribution in [1.82, 2.24) is 4.90 Å². The average molecular weight is 493 g/mol. The monoisotopic (exact) mass is 492 g/mol. The molecule has 0 bridgehead atoms. The predicted molar refractivity (Wildman–Crippen MR) is 130 cm³/mol. The van der Waals surface area contributed by atoms with Crippen molar-refractivity contribution in [3.63, 3.8) is 0 Å². The normalized spacial score (nSPS) is 19.4. The van der Waals surface area contributed by atoms with E-state index in [-0.39, 0.29) is 18.2 Å². The number of carbonyl (C=O) groups is 4. The number of methoxy groups -OCH3 is 2. The van der Waals surface area contributed by atoms with Crippen LogP contribution in [0.15, 0.2) is 60.7 Å². The van der Waals surface area contributed by atoms with Gasteiger partial charge in [0, 0.05) is 12.5 Å². The zero-order valence-electron chi connectivity index (χ0n) is 20.1. The van der Waals surface area contributed by atoms with E-state index in [2.05, 4.69) is 5.32 Å². The molecule has 0 unspecified atom stereocenters. The third kappa shape index (κ3) is 5.25. The molecule has 2 aromatic carbocycles. The number of likely N-dealkylation sites (tertiary alicyclic amines) is 1. The molecule has 0 spiro atoms. The van der Waals surface area contributed by atoms with E-state index in [4.69, 9.17) is 14.2 Å². The first-order chi connectivity index (χ1) is 17.4. The summed E-state index contributed by atoms with van der Waals surface area (Å²) in [6.07, 6.45) is 4.79. The van der Waals surface area contributed by atoms with E-state index in [9.17, 15) is 19.2 Å². The molecule has 0 aromatic heterocycles. The van der Waals surface area contributed by atoms with Crippen molar-refractivity contribution in [2.45, 2.75) is 25.3 Å². The van der Waals surface area contributed by atoms with Gasteiger partial charge in [0.25, 0.3) is 5.91 Å². The lowest BCUT2D eigenvalue weighted by molar-refractivity contribution is -0.160. The lowest BCUT2D eigenvalue weighted by atomic mass is 9.85. The summed E-state index contributed by atoms with van der Waals surface area (Å²) in [7, 11) is 2.96. The Balaban J connectivity index is 1.49. The van der Waals surface area contributed by atoms with Gasteiger partial charge >= 0.3 is 5.97 Å². The van der Waals surface area contributed by atoms with Crippen molar-refractivity contribution in [3.8, 4) is 11.5 Å². The van der Waals surface area contributed by atoms with Gasteiger partial charge in [0.05, 0.1) is 31.7 Å². The fourth-order valence-electron chi connectivity index (χ4n) is 4.58. The molecule has 1 saturated heterocycles. The number of anilines is 1. The lowest BCUT2D eigenvalue weighted by Crippen LogP contribution is -2.48. The lowest BCUT2D eigenvalue weighted by Gasteiger charge is -2.25. The molecule has 4 rings (SSSR count). The van der Waals surface area contributed by atoms with Gasteiger partial charge in [-0.25, -0.2) is 4.79 Å². The van der Waals surface area contributed by atoms with Crippen LogP contribution in [0.3, 0.4) is 0 Å². The summed E-state index contributed by atoms with van der Waals surface area (Å²) < 4.78 is 15.7. The number of nitrogens with zero attached hydrogens (tertiary/aromatic N) is 1. The Morgan fingerprint density at radius 1 is 0.972 bits per heavy atom. The van der Waals surface area contributed by atoms with Crippen LogP contribution in [0.1, 0.15) is 18.4 Å². The smallest absolute Gasteiger partial charge is 0.330 e. The first-order valence-corrected chi connectivity index (χ1v) is 11.7. The fraction of sp³-hybridized carbons (Fsp3) is 0.333. The topological polar surface area (TPSA) is 111 Å². The second-order valence-corrected chi connectivity index (χ2v) is 8.63. The number of imide groups is 1. The van der Waals surface area contributed by atoms with Gasteiger partial charge in [-0.15, -0.1) is 0 Å². The van der Waals surface area contributed by atoms with Crippen LogP contribution < -0.4 is 14.8 Å². The van der Waals surface area contributed by atoms with Crippen molar-refractivity contribution in [2.75, 3.05) is 26.1 Å². The molecule has 0 saturated carbocycles. The Morgan fingerprint density at radius 3 is 2.25 bits per heavy atom. The Labute approximate surface area is 209 Å². The largest absolute Gasteiger partial charge is 0.497 e. The third-order valence-electron chi connectivity index (χ3n) is 6.42. The molecule has 3 atom stereocenters. The molecule has 0 radical (unpaired) electrons. The summed E-state index contributed by atoms with van der Waals surface area (Å²) in [5, 5.41) is 2.63. The highest BCUT2D eigenvalue weighted by Crippen LogP contribution is 2.37. The van der Waals surface area contributed by atoms with E-state index in [0.29, 0.717) is 30.0 Å². The Bertz CT molecular complexity index is 1150. The van der Waals surface area contributed by atoms with Crippen molar-refractivity contribution >= 4 is 29.4 Å². The summed E-state index contributed by atoms with van der Waals surface area (Å²) in [6, 6.07) is 12.8. The van der Waals surface area contributed by atoms with E-state index in [1.165, 1.54) is 14.2 Å². The molecule has 36 heavy (non-hydrogen) atoms. The number of carbonyl (C=O) groups excluding carboxylic acids is 4. The second-order valence-electron chi connectivity index (χ2n) is 8.63. The highest BCUT2D eigenvalue weighted by Gasteiger charge is 2.51. The predicted octanol–water partition coefficient (Wildman–Crippen LogP) is 2.75. The van der Waals surface area contributed by atoms with Crippen LogP contribution >= 0.6 is 0 Å². The van der Waals surface area contributed by atoms with Gasteiger partial charge in [0.1, 0.15) is 17.5 Å². The fourth-order valence-corrected chi connectivity index (χ4v) is 4.58. The molecular formula is C27H28N2O7. The highest BCUT2D eigenvalue weighted by atomic mass is 16.5. The van der Waals surface area contributed by atoms with E-state index in [1.54, 1.807) is 18.2 Å². The van der Waals surface area contributed by atoms with Gasteiger partial charge in [0.2, 0.25) is 11.8 Å². The van der Waals surface area contributed by atoms with Crippen molar-refractivity contribution < 1.29 is 33.4 Å². The summed E-state index contributed by atoms with van der Waals surface area (Å²) in [4.78, 5) is 53.1. The molecule has 1 aliphatic carbocycles. The Hall–Kier alpha value is -4.14. The SMILES string of the molecule is COc1ccc(OC)c(NC(=O)COC(=O)[C@H](Cc2ccccc2)N2C(=O)[C@H]3CC=CC[C@@H]3C2=O)c1. The van der Waals surface area contributed by atoms with Gasteiger partial charge in [-0.3, -0.25) is 19.3 Å². The molecule has 1 fully saturated rings. The maximum atomic E-state index is 13.2. The van der Waals surface area contributed by atoms with Crippen LogP contribution in [0.25, 0.3) is 0 Å². The van der Waals surface area contributed by atoms with Gasteiger partial charge < -0.3 is 19.5 Å². The van der Waals surface area contributed by atoms with Gasteiger partial charge in [-0.2, -0.15) is 0 Å². The van der Waals surface area contributed by atoms with Crippen molar-refractivity contribution in [3.05, 3.63) is 66.2 Å². The molecule has 1 heterocycles. The average Bonchev–Trinajstić information content (AvgIpc) is 3.16. The summed E-state index contributed by atoms with van der Waals surface area (Å²) in [6.45, 7) is -0.602. The number of fused-ring (bicyclic) bond motifs is 1. The standard InChI is InChI=1S/C27H28N2O7/c1-34-18-12-13-23(35-2)21(15-18)28-24(30)16-36-27(33)22(14-17-8-4-3-5-9-17)29-25(31)19-10-6-7-11-20(19)26(29)32/h3-9,12-13,15,19-20,22H,10-11,14,16H2,1-2H3,(H,28,30)/t19-,20-,22-/m0/s1. The number of ether oxygens (including phenoxy) is 3. The van der Waals surface area contributed by atoms with E-state index < -0.39 is 36.4 Å². The number of benzene rings is 2. The Kier molecular flexibility index (Phi) is 7.68. The van der Waals surface area contributed by atoms with Gasteiger partial charge in [0.15, 0.2) is 6.61 Å². The number of hydrogen-bond acceptors (Lipinski definition) is 7. The minimum atomic E-state index is -1.17. The van der Waals surface area contributed by atoms with Gasteiger partial charge in [-0.1, -0.05) is 42.5 Å². The molecular weight excluding hydrogens is 464 g/mol. The molecule has 1 aliphatic heterocycles. The number of hydrogen-bond donors (Lipinski definition) is 1. The number of rotatable bonds is 9. The molecule has 9 heteroatoms. The molecule has 2 aromatic rings. The van der Waals surface area contributed by atoms with E-state index >= 15 is 0 Å². The van der Waals surface area contributed by atoms with Crippen LogP contribution in [-0.4, -0.2) is 55.5 Å². The zero-order chi connectivity index (χ0) is 25.7. The highest BCUT2D eigenvalue weighted by molar-refractivity contribution is 6.08. The summed E-state index contributed by atoms with van der Waals surface area (Å²) in [5.41, 5.74) is 1.11. The number of nitrogens with one attached hydrogen (secondary N) is 1. The molecule has 188 valence electrons. The summed E-state index contributed by atoms with van der Waals surface area (Å²) in [5.74, 6) is -2.22. The zero-order valence-corrected chi connectivity index (χ0v) is 20.1. The van der Waals surface area contributed by atoms with Gasteiger partial charge in [-0.05, 0) is 30.5 Å². The Morgan fingerprint density at radius 2 is 1.64 bits per heavy atom. The number of esters is 1. The molecule has 9 nitrogen and oxygen atoms in total. The van der Waals surface area contributed by atoms with Crippen LogP contribution in [0.4, 0.5) is 5.69 Å². The van der Waals surface area contributed by atoms with Crippen molar-refractivity contribution in [1.29, 1.82) is 0 Å². The summed E-state index contributed by atoms with van der Waals surface area (Å²) >= 11 is 0. The quantitative estimate of drug-likeness (QED) is 0.326. The maximum Gasteiger partial charge on any atom is 0.330 e. The van der Waals surface area contributed by atoms with E-state index in [1.807, 2.05) is 42.5 Å². The minimum Gasteiger partial charge on any atom is -0.497 e. The first kappa shape index (κ1) is 25.0. The van der Waals surface area contributed by atoms with Crippen LogP contribution in [0.2, 0.25) is 0 Å². The maximum absolute atomic E-state index is 13.2. The third-order valence-corrected chi connectivity index (χ3v) is 6.42. The minimum absolute atomic E-state index is 0.0926. The number of allylic oxidation sites excluding steroid dienone is 2. The molecule has 3 amide bonds. The number of amides is 3. The van der Waals surface area contributed by atoms with Crippen molar-refractivity contribution in [2.24, 2.45) is 11.8 Å². The van der Waals surface area contributed by atoms with Crippen LogP contribution in [0.5, 0.6) is 11.5 Å². The molecule has 2 aliphatic rings. The van der Waals surface area contributed by atoms with Crippen LogP contribution in [-0.2, 0) is 30.3 Å². The first-order valence-electron chi connectivity index (χ1n) is 11.7.